The van der Waals surface area contributed by atoms with Gasteiger partial charge >= 0.3 is 0 Å². The van der Waals surface area contributed by atoms with Gasteiger partial charge in [0.25, 0.3) is 0 Å². The van der Waals surface area contributed by atoms with Crippen molar-refractivity contribution in [2.24, 2.45) is 10.9 Å². The summed E-state index contributed by atoms with van der Waals surface area (Å²) in [5, 5.41) is 3.52. The molecule has 2 saturated heterocycles. The van der Waals surface area contributed by atoms with E-state index in [9.17, 15) is 0 Å². The maximum absolute atomic E-state index is 4.95. The van der Waals surface area contributed by atoms with E-state index in [-0.39, 0.29) is 0 Å². The van der Waals surface area contributed by atoms with Gasteiger partial charge in [-0.25, -0.2) is 0 Å². The lowest BCUT2D eigenvalue weighted by atomic mass is 9.99. The number of aliphatic imine (C=N–C) groups is 1. The molecular formula is C23H39N5. The molecule has 2 heterocycles. The molecule has 3 rings (SSSR count). The number of hydrogen-bond donors (Lipinski definition) is 1. The van der Waals surface area contributed by atoms with Gasteiger partial charge in [0, 0.05) is 39.3 Å². The summed E-state index contributed by atoms with van der Waals surface area (Å²) in [7, 11) is 2.23. The van der Waals surface area contributed by atoms with E-state index in [1.807, 2.05) is 0 Å². The van der Waals surface area contributed by atoms with Crippen molar-refractivity contribution in [2.45, 2.75) is 32.6 Å². The normalized spacial score (nSPS) is 22.4. The topological polar surface area (TPSA) is 34.1 Å². The van der Waals surface area contributed by atoms with Crippen LogP contribution in [0.15, 0.2) is 35.3 Å². The van der Waals surface area contributed by atoms with Gasteiger partial charge in [-0.2, -0.15) is 0 Å². The molecule has 2 aliphatic heterocycles. The van der Waals surface area contributed by atoms with Crippen LogP contribution in [-0.2, 0) is 6.42 Å². The van der Waals surface area contributed by atoms with Crippen LogP contribution in [0, 0.1) is 5.92 Å². The fraction of sp³-hybridized carbons (Fsp3) is 0.696. The molecule has 0 bridgehead atoms. The van der Waals surface area contributed by atoms with Gasteiger partial charge in [0.2, 0.25) is 0 Å². The van der Waals surface area contributed by atoms with E-state index >= 15 is 0 Å². The second-order valence-corrected chi connectivity index (χ2v) is 8.38. The number of guanidine groups is 1. The van der Waals surface area contributed by atoms with Gasteiger partial charge in [-0.15, -0.1) is 0 Å². The third kappa shape index (κ3) is 6.78. The minimum Gasteiger partial charge on any atom is -0.357 e. The number of likely N-dealkylation sites (N-methyl/N-ethyl adjacent to an activating group) is 1. The zero-order valence-electron chi connectivity index (χ0n) is 17.9. The number of nitrogens with zero attached hydrogens (tertiary/aromatic N) is 4. The van der Waals surface area contributed by atoms with Crippen LogP contribution in [0.5, 0.6) is 0 Å². The molecule has 0 radical (unpaired) electrons. The molecule has 2 fully saturated rings. The summed E-state index contributed by atoms with van der Waals surface area (Å²) in [6.07, 6.45) is 4.89. The first-order valence-corrected chi connectivity index (χ1v) is 11.2. The molecule has 0 aliphatic carbocycles. The quantitative estimate of drug-likeness (QED) is 0.444. The summed E-state index contributed by atoms with van der Waals surface area (Å²) in [6, 6.07) is 10.9. The maximum Gasteiger partial charge on any atom is 0.193 e. The van der Waals surface area contributed by atoms with E-state index in [1.165, 1.54) is 57.5 Å². The zero-order chi connectivity index (χ0) is 19.6. The molecule has 0 aromatic heterocycles. The summed E-state index contributed by atoms with van der Waals surface area (Å²) in [6.45, 7) is 12.3. The Balaban J connectivity index is 1.43. The number of benzene rings is 1. The minimum absolute atomic E-state index is 0.736. The first-order valence-electron chi connectivity index (χ1n) is 11.2. The Morgan fingerprint density at radius 2 is 1.96 bits per heavy atom. The maximum atomic E-state index is 4.95. The van der Waals surface area contributed by atoms with Crippen molar-refractivity contribution in [2.75, 3.05) is 66.0 Å². The monoisotopic (exact) mass is 385 g/mol. The van der Waals surface area contributed by atoms with Crippen LogP contribution in [-0.4, -0.2) is 86.6 Å². The minimum atomic E-state index is 0.736. The predicted molar refractivity (Wildman–Crippen MR) is 119 cm³/mol. The molecule has 0 spiro atoms. The molecule has 1 aromatic carbocycles. The Hall–Kier alpha value is -1.59. The lowest BCUT2D eigenvalue weighted by molar-refractivity contribution is 0.275. The molecular weight excluding hydrogens is 346 g/mol. The summed E-state index contributed by atoms with van der Waals surface area (Å²) in [5.41, 5.74) is 1.46. The van der Waals surface area contributed by atoms with Crippen LogP contribution in [0.1, 0.15) is 31.7 Å². The first kappa shape index (κ1) is 21.1. The predicted octanol–water partition coefficient (Wildman–Crippen LogP) is 2.54. The second-order valence-electron chi connectivity index (χ2n) is 8.38. The van der Waals surface area contributed by atoms with Gasteiger partial charge in [0.05, 0.1) is 0 Å². The van der Waals surface area contributed by atoms with Crippen molar-refractivity contribution in [3.05, 3.63) is 35.9 Å². The van der Waals surface area contributed by atoms with Gasteiger partial charge in [-0.05, 0) is 70.8 Å². The van der Waals surface area contributed by atoms with Crippen LogP contribution < -0.4 is 5.32 Å². The third-order valence-corrected chi connectivity index (χ3v) is 5.99. The van der Waals surface area contributed by atoms with Crippen molar-refractivity contribution in [1.29, 1.82) is 0 Å². The van der Waals surface area contributed by atoms with Crippen LogP contribution in [0.4, 0.5) is 0 Å². The van der Waals surface area contributed by atoms with Gasteiger partial charge in [0.1, 0.15) is 0 Å². The lowest BCUT2D eigenvalue weighted by Gasteiger charge is -2.22. The standard InChI is InChI=1S/C23H39N5/c1-3-24-23(25-12-7-14-27-15-8-13-26(2)17-18-27)28-16-11-22(20-28)19-21-9-5-4-6-10-21/h4-6,9-10,22H,3,7-8,11-20H2,1-2H3,(H,24,25). The molecule has 1 aromatic rings. The fourth-order valence-electron chi connectivity index (χ4n) is 4.37. The van der Waals surface area contributed by atoms with E-state index in [0.29, 0.717) is 0 Å². The Kier molecular flexibility index (Phi) is 8.62. The first-order chi connectivity index (χ1) is 13.7. The van der Waals surface area contributed by atoms with E-state index in [2.05, 4.69) is 64.3 Å². The van der Waals surface area contributed by atoms with Crippen LogP contribution in [0.2, 0.25) is 0 Å². The molecule has 1 atom stereocenters. The zero-order valence-corrected chi connectivity index (χ0v) is 17.9. The number of likely N-dealkylation sites (tertiary alicyclic amines) is 1. The molecule has 1 unspecified atom stereocenters. The number of rotatable bonds is 7. The molecule has 0 saturated carbocycles. The van der Waals surface area contributed by atoms with Crippen molar-refractivity contribution in [1.82, 2.24) is 20.0 Å². The summed E-state index contributed by atoms with van der Waals surface area (Å²) < 4.78 is 0. The summed E-state index contributed by atoms with van der Waals surface area (Å²) in [4.78, 5) is 12.5. The largest absolute Gasteiger partial charge is 0.357 e. The summed E-state index contributed by atoms with van der Waals surface area (Å²) >= 11 is 0. The Labute approximate surface area is 171 Å². The van der Waals surface area contributed by atoms with Crippen LogP contribution >= 0.6 is 0 Å². The van der Waals surface area contributed by atoms with Crippen molar-refractivity contribution in [3.8, 4) is 0 Å². The third-order valence-electron chi connectivity index (χ3n) is 5.99. The highest BCUT2D eigenvalue weighted by Crippen LogP contribution is 2.21. The van der Waals surface area contributed by atoms with Crippen molar-refractivity contribution < 1.29 is 0 Å². The van der Waals surface area contributed by atoms with E-state index in [4.69, 9.17) is 4.99 Å². The molecule has 0 amide bonds. The fourth-order valence-corrected chi connectivity index (χ4v) is 4.37. The average Bonchev–Trinajstić information content (AvgIpc) is 3.06. The molecule has 28 heavy (non-hydrogen) atoms. The highest BCUT2D eigenvalue weighted by atomic mass is 15.3. The Morgan fingerprint density at radius 1 is 1.11 bits per heavy atom. The number of hydrogen-bond acceptors (Lipinski definition) is 3. The van der Waals surface area contributed by atoms with Crippen LogP contribution in [0.3, 0.4) is 0 Å². The molecule has 156 valence electrons. The highest BCUT2D eigenvalue weighted by molar-refractivity contribution is 5.80. The second kappa shape index (κ2) is 11.4. The van der Waals surface area contributed by atoms with Gasteiger partial charge in [-0.3, -0.25) is 4.99 Å². The highest BCUT2D eigenvalue weighted by Gasteiger charge is 2.24. The van der Waals surface area contributed by atoms with E-state index < -0.39 is 0 Å². The molecule has 2 aliphatic rings. The van der Waals surface area contributed by atoms with Gasteiger partial charge < -0.3 is 20.0 Å². The van der Waals surface area contributed by atoms with E-state index in [0.717, 1.165) is 44.5 Å². The lowest BCUT2D eigenvalue weighted by Crippen LogP contribution is -2.40. The molecule has 5 heteroatoms. The SMILES string of the molecule is CCNC(=NCCCN1CCCN(C)CC1)N1CCC(Cc2ccccc2)C1. The number of nitrogens with one attached hydrogen (secondary N) is 1. The van der Waals surface area contributed by atoms with Gasteiger partial charge in [-0.1, -0.05) is 30.3 Å². The van der Waals surface area contributed by atoms with E-state index in [1.54, 1.807) is 0 Å². The Bertz CT molecular complexity index is 588. The van der Waals surface area contributed by atoms with Gasteiger partial charge in [0.15, 0.2) is 5.96 Å². The van der Waals surface area contributed by atoms with Crippen molar-refractivity contribution in [3.63, 3.8) is 0 Å². The smallest absolute Gasteiger partial charge is 0.193 e. The Morgan fingerprint density at radius 3 is 2.79 bits per heavy atom. The summed E-state index contributed by atoms with van der Waals surface area (Å²) in [5.74, 6) is 1.86. The molecule has 1 N–H and O–H groups in total. The van der Waals surface area contributed by atoms with Crippen molar-refractivity contribution >= 4 is 5.96 Å². The average molecular weight is 386 g/mol. The molecule has 5 nitrogen and oxygen atoms in total. The van der Waals surface area contributed by atoms with Crippen LogP contribution in [0.25, 0.3) is 0 Å².